The molecule has 1 aromatic rings. The van der Waals surface area contributed by atoms with E-state index in [-0.39, 0.29) is 11.7 Å². The van der Waals surface area contributed by atoms with Gasteiger partial charge in [-0.05, 0) is 31.7 Å². The van der Waals surface area contributed by atoms with E-state index in [9.17, 15) is 4.79 Å². The molecule has 0 N–H and O–H groups in total. The van der Waals surface area contributed by atoms with Crippen molar-refractivity contribution < 1.29 is 14.3 Å². The quantitative estimate of drug-likeness (QED) is 0.796. The number of halogens is 1. The van der Waals surface area contributed by atoms with Gasteiger partial charge in [0.25, 0.3) is 0 Å². The third-order valence-electron chi connectivity index (χ3n) is 4.40. The lowest BCUT2D eigenvalue weighted by molar-refractivity contribution is -0.119. The molecule has 3 nitrogen and oxygen atoms in total. The summed E-state index contributed by atoms with van der Waals surface area (Å²) >= 11 is 6.16. The number of methoxy groups -OCH3 is 2. The Morgan fingerprint density at radius 3 is 2.29 bits per heavy atom. The van der Waals surface area contributed by atoms with Gasteiger partial charge in [0, 0.05) is 17.5 Å². The van der Waals surface area contributed by atoms with Gasteiger partial charge in [0.2, 0.25) is 0 Å². The topological polar surface area (TPSA) is 35.5 Å². The predicted molar refractivity (Wildman–Crippen MR) is 84.6 cm³/mol. The van der Waals surface area contributed by atoms with Gasteiger partial charge in [0.15, 0.2) is 0 Å². The number of hydrogen-bond donors (Lipinski definition) is 0. The second kappa shape index (κ2) is 7.17. The van der Waals surface area contributed by atoms with Crippen LogP contribution in [0.4, 0.5) is 0 Å². The van der Waals surface area contributed by atoms with Crippen molar-refractivity contribution in [2.45, 2.75) is 44.9 Å². The van der Waals surface area contributed by atoms with E-state index in [1.165, 1.54) is 19.3 Å². The summed E-state index contributed by atoms with van der Waals surface area (Å²) in [4.78, 5) is 12.3. The molecule has 0 heterocycles. The summed E-state index contributed by atoms with van der Waals surface area (Å²) in [5.41, 5.74) is 0.901. The number of ketones is 1. The molecule has 4 heteroatoms. The van der Waals surface area contributed by atoms with E-state index in [4.69, 9.17) is 21.1 Å². The molecule has 0 bridgehead atoms. The number of carbonyl (C=O) groups excluding carboxylic acids is 1. The highest BCUT2D eigenvalue weighted by Crippen LogP contribution is 2.43. The Labute approximate surface area is 131 Å². The molecular weight excluding hydrogens is 288 g/mol. The van der Waals surface area contributed by atoms with Crippen LogP contribution >= 0.6 is 11.6 Å². The molecule has 0 radical (unpaired) electrons. The summed E-state index contributed by atoms with van der Waals surface area (Å²) in [6, 6.07) is 3.61. The molecule has 21 heavy (non-hydrogen) atoms. The minimum atomic E-state index is -0.133. The van der Waals surface area contributed by atoms with Gasteiger partial charge in [0.05, 0.1) is 19.2 Å². The van der Waals surface area contributed by atoms with Crippen molar-refractivity contribution in [2.24, 2.45) is 5.92 Å². The summed E-state index contributed by atoms with van der Waals surface area (Å²) in [6.45, 7) is 1.67. The highest BCUT2D eigenvalue weighted by Gasteiger charge is 2.31. The maximum absolute atomic E-state index is 12.3. The standard InChI is InChI=1S/C17H23ClO3/c1-11(19)17(12-7-5-4-6-8-12)13-9-16(21-3)14(18)10-15(13)20-2/h9-10,12,17H,4-8H2,1-3H3. The second-order valence-electron chi connectivity index (χ2n) is 5.72. The van der Waals surface area contributed by atoms with E-state index >= 15 is 0 Å². The Balaban J connectivity index is 2.45. The van der Waals surface area contributed by atoms with Crippen LogP contribution < -0.4 is 9.47 Å². The minimum absolute atomic E-state index is 0.133. The van der Waals surface area contributed by atoms with Crippen molar-refractivity contribution >= 4 is 17.4 Å². The molecule has 1 aliphatic carbocycles. The molecule has 0 spiro atoms. The zero-order valence-electron chi connectivity index (χ0n) is 12.9. The molecule has 2 rings (SSSR count). The van der Waals surface area contributed by atoms with Crippen molar-refractivity contribution in [2.75, 3.05) is 14.2 Å². The predicted octanol–water partition coefficient (Wildman–Crippen LogP) is 4.61. The first-order valence-corrected chi connectivity index (χ1v) is 7.88. The molecule has 1 saturated carbocycles. The summed E-state index contributed by atoms with van der Waals surface area (Å²) in [5, 5.41) is 0.504. The van der Waals surface area contributed by atoms with Crippen LogP contribution in [0.5, 0.6) is 11.5 Å². The molecule has 116 valence electrons. The number of Topliss-reactive ketones (excluding diaryl/α,β-unsaturated/α-hetero) is 1. The largest absolute Gasteiger partial charge is 0.496 e. The Hall–Kier alpha value is -1.22. The van der Waals surface area contributed by atoms with Gasteiger partial charge in [-0.15, -0.1) is 0 Å². The lowest BCUT2D eigenvalue weighted by Crippen LogP contribution is -2.22. The van der Waals surface area contributed by atoms with Crippen LogP contribution in [0.1, 0.15) is 50.5 Å². The molecule has 0 aromatic heterocycles. The lowest BCUT2D eigenvalue weighted by atomic mass is 9.75. The fourth-order valence-corrected chi connectivity index (χ4v) is 3.63. The van der Waals surface area contributed by atoms with Crippen molar-refractivity contribution in [3.05, 3.63) is 22.7 Å². The monoisotopic (exact) mass is 310 g/mol. The Morgan fingerprint density at radius 2 is 1.76 bits per heavy atom. The summed E-state index contributed by atoms with van der Waals surface area (Å²) in [6.07, 6.45) is 5.85. The van der Waals surface area contributed by atoms with Crippen LogP contribution in [0.2, 0.25) is 5.02 Å². The van der Waals surface area contributed by atoms with Crippen LogP contribution in [-0.2, 0) is 4.79 Å². The maximum Gasteiger partial charge on any atom is 0.138 e. The number of hydrogen-bond acceptors (Lipinski definition) is 3. The fraction of sp³-hybridized carbons (Fsp3) is 0.588. The van der Waals surface area contributed by atoms with Crippen LogP contribution in [0.3, 0.4) is 0 Å². The number of benzene rings is 1. The lowest BCUT2D eigenvalue weighted by Gasteiger charge is -2.30. The third kappa shape index (κ3) is 3.52. The number of carbonyl (C=O) groups is 1. The summed E-state index contributed by atoms with van der Waals surface area (Å²) < 4.78 is 10.8. The average molecular weight is 311 g/mol. The van der Waals surface area contributed by atoms with Gasteiger partial charge in [0.1, 0.15) is 17.3 Å². The minimum Gasteiger partial charge on any atom is -0.496 e. The highest BCUT2D eigenvalue weighted by atomic mass is 35.5. The number of rotatable bonds is 5. The van der Waals surface area contributed by atoms with Crippen LogP contribution in [-0.4, -0.2) is 20.0 Å². The van der Waals surface area contributed by atoms with E-state index in [2.05, 4.69) is 0 Å². The van der Waals surface area contributed by atoms with Gasteiger partial charge in [-0.1, -0.05) is 30.9 Å². The van der Waals surface area contributed by atoms with E-state index in [0.29, 0.717) is 22.4 Å². The van der Waals surface area contributed by atoms with Gasteiger partial charge < -0.3 is 9.47 Å². The zero-order valence-corrected chi connectivity index (χ0v) is 13.7. The van der Waals surface area contributed by atoms with Gasteiger partial charge in [-0.25, -0.2) is 0 Å². The molecule has 0 saturated heterocycles. The molecule has 0 aliphatic heterocycles. The second-order valence-corrected chi connectivity index (χ2v) is 6.12. The third-order valence-corrected chi connectivity index (χ3v) is 4.69. The first-order chi connectivity index (χ1) is 10.1. The molecule has 1 aliphatic rings. The maximum atomic E-state index is 12.3. The smallest absolute Gasteiger partial charge is 0.138 e. The first-order valence-electron chi connectivity index (χ1n) is 7.50. The molecule has 0 amide bonds. The molecule has 1 atom stereocenters. The summed E-state index contributed by atoms with van der Waals surface area (Å²) in [7, 11) is 3.19. The zero-order chi connectivity index (χ0) is 15.4. The summed E-state index contributed by atoms with van der Waals surface area (Å²) in [5.74, 6) is 1.70. The van der Waals surface area contributed by atoms with Crippen LogP contribution in [0.15, 0.2) is 12.1 Å². The fourth-order valence-electron chi connectivity index (χ4n) is 3.40. The Kier molecular flexibility index (Phi) is 5.51. The van der Waals surface area contributed by atoms with Crippen molar-refractivity contribution in [3.8, 4) is 11.5 Å². The van der Waals surface area contributed by atoms with Crippen LogP contribution in [0.25, 0.3) is 0 Å². The normalized spacial score (nSPS) is 17.3. The molecule has 1 fully saturated rings. The van der Waals surface area contributed by atoms with Gasteiger partial charge >= 0.3 is 0 Å². The molecule has 1 aromatic carbocycles. The first kappa shape index (κ1) is 16.2. The van der Waals surface area contributed by atoms with E-state index in [1.807, 2.05) is 6.07 Å². The van der Waals surface area contributed by atoms with E-state index in [1.54, 1.807) is 27.2 Å². The Bertz CT molecular complexity index is 507. The van der Waals surface area contributed by atoms with Gasteiger partial charge in [-0.2, -0.15) is 0 Å². The SMILES string of the molecule is COc1cc(C(C(C)=O)C2CCCCC2)c(OC)cc1Cl. The molecular formula is C17H23ClO3. The Morgan fingerprint density at radius 1 is 1.14 bits per heavy atom. The highest BCUT2D eigenvalue weighted by molar-refractivity contribution is 6.32. The van der Waals surface area contributed by atoms with E-state index < -0.39 is 0 Å². The molecule has 1 unspecified atom stereocenters. The van der Waals surface area contributed by atoms with Crippen molar-refractivity contribution in [1.82, 2.24) is 0 Å². The van der Waals surface area contributed by atoms with E-state index in [0.717, 1.165) is 18.4 Å². The van der Waals surface area contributed by atoms with Crippen molar-refractivity contribution in [3.63, 3.8) is 0 Å². The van der Waals surface area contributed by atoms with Crippen LogP contribution in [0, 0.1) is 5.92 Å². The van der Waals surface area contributed by atoms with Crippen molar-refractivity contribution in [1.29, 1.82) is 0 Å². The number of ether oxygens (including phenoxy) is 2. The van der Waals surface area contributed by atoms with Gasteiger partial charge in [-0.3, -0.25) is 4.79 Å². The average Bonchev–Trinajstić information content (AvgIpc) is 2.49.